The first-order valence-electron chi connectivity index (χ1n) is 5.72. The zero-order valence-electron chi connectivity index (χ0n) is 9.84. The van der Waals surface area contributed by atoms with Crippen molar-refractivity contribution in [2.75, 3.05) is 0 Å². The topological polar surface area (TPSA) is 47.8 Å². The van der Waals surface area contributed by atoms with Crippen molar-refractivity contribution >= 4 is 5.78 Å². The molecule has 0 saturated heterocycles. The number of hydrogen-bond acceptors (Lipinski definition) is 3. The maximum Gasteiger partial charge on any atom is 0.217 e. The van der Waals surface area contributed by atoms with Crippen molar-refractivity contribution in [1.29, 1.82) is 0 Å². The van der Waals surface area contributed by atoms with Gasteiger partial charge >= 0.3 is 0 Å². The van der Waals surface area contributed by atoms with E-state index in [4.69, 9.17) is 0 Å². The van der Waals surface area contributed by atoms with E-state index in [0.29, 0.717) is 5.82 Å². The van der Waals surface area contributed by atoms with E-state index < -0.39 is 0 Å². The molecule has 4 nitrogen and oxygen atoms in total. The van der Waals surface area contributed by atoms with Gasteiger partial charge in [-0.1, -0.05) is 36.4 Å². The van der Waals surface area contributed by atoms with Gasteiger partial charge in [0, 0.05) is 19.9 Å². The van der Waals surface area contributed by atoms with Gasteiger partial charge < -0.3 is 0 Å². The highest BCUT2D eigenvalue weighted by molar-refractivity contribution is 5.90. The Labute approximate surface area is 100 Å². The summed E-state index contributed by atoms with van der Waals surface area (Å²) in [5, 5.41) is 4.05. The fourth-order valence-corrected chi connectivity index (χ4v) is 1.66. The van der Waals surface area contributed by atoms with Crippen LogP contribution in [0.1, 0.15) is 29.8 Å². The molecule has 1 aromatic heterocycles. The molecule has 1 aromatic carbocycles. The van der Waals surface area contributed by atoms with Crippen molar-refractivity contribution in [3.8, 4) is 0 Å². The largest absolute Gasteiger partial charge is 0.291 e. The third kappa shape index (κ3) is 3.00. The number of Topliss-reactive ketones (excluding diaryl/α,β-unsaturated/α-hetero) is 1. The van der Waals surface area contributed by atoms with Gasteiger partial charge in [-0.2, -0.15) is 0 Å². The fourth-order valence-electron chi connectivity index (χ4n) is 1.66. The van der Waals surface area contributed by atoms with Crippen LogP contribution in [0.4, 0.5) is 0 Å². The predicted molar refractivity (Wildman–Crippen MR) is 64.8 cm³/mol. The molecule has 4 heteroatoms. The average molecular weight is 229 g/mol. The Kier molecular flexibility index (Phi) is 3.65. The lowest BCUT2D eigenvalue weighted by molar-refractivity contribution is 0.100. The lowest BCUT2D eigenvalue weighted by Crippen LogP contribution is -1.99. The normalized spacial score (nSPS) is 12.5. The van der Waals surface area contributed by atoms with Crippen molar-refractivity contribution in [2.24, 2.45) is 0 Å². The first-order chi connectivity index (χ1) is 8.27. The average Bonchev–Trinajstić information content (AvgIpc) is 2.92. The summed E-state index contributed by atoms with van der Waals surface area (Å²) in [4.78, 5) is 14.9. The van der Waals surface area contributed by atoms with E-state index in [1.54, 1.807) is 0 Å². The van der Waals surface area contributed by atoms with E-state index in [-0.39, 0.29) is 5.78 Å². The Morgan fingerprint density at radius 1 is 1.18 bits per heavy atom. The fraction of sp³-hybridized carbons (Fsp3) is 0.308. The molecule has 0 saturated carbocycles. The standard InChI is InChI=1S/C7H9N3O.C6H6/c1-5(11)7-8-6-3-2-4-10(6)9-7;1-2-4-6-5-3-1/h2-4H2,1H3;1-6H. The molecule has 88 valence electrons. The number of carbonyl (C=O) groups excluding carboxylic acids is 1. The number of benzene rings is 1. The van der Waals surface area contributed by atoms with Gasteiger partial charge in [-0.05, 0) is 6.42 Å². The molecule has 0 amide bonds. The predicted octanol–water partition coefficient (Wildman–Crippen LogP) is 2.11. The highest BCUT2D eigenvalue weighted by Gasteiger charge is 2.16. The number of nitrogens with zero attached hydrogens (tertiary/aromatic N) is 3. The van der Waals surface area contributed by atoms with Gasteiger partial charge in [0.25, 0.3) is 0 Å². The molecule has 0 radical (unpaired) electrons. The summed E-state index contributed by atoms with van der Waals surface area (Å²) >= 11 is 0. The van der Waals surface area contributed by atoms with Crippen LogP contribution in [0.2, 0.25) is 0 Å². The van der Waals surface area contributed by atoms with Gasteiger partial charge in [0.15, 0.2) is 5.78 Å². The molecule has 2 heterocycles. The highest BCUT2D eigenvalue weighted by Crippen LogP contribution is 2.11. The van der Waals surface area contributed by atoms with Crippen molar-refractivity contribution in [3.05, 3.63) is 48.0 Å². The zero-order chi connectivity index (χ0) is 12.1. The lowest BCUT2D eigenvalue weighted by Gasteiger charge is -1.87. The van der Waals surface area contributed by atoms with Crippen molar-refractivity contribution in [3.63, 3.8) is 0 Å². The van der Waals surface area contributed by atoms with Crippen LogP contribution in [-0.2, 0) is 13.0 Å². The number of hydrogen-bond donors (Lipinski definition) is 0. The van der Waals surface area contributed by atoms with E-state index in [9.17, 15) is 4.79 Å². The zero-order valence-corrected chi connectivity index (χ0v) is 9.84. The summed E-state index contributed by atoms with van der Waals surface area (Å²) < 4.78 is 1.82. The number of fused-ring (bicyclic) bond motifs is 1. The third-order valence-electron chi connectivity index (χ3n) is 2.50. The summed E-state index contributed by atoms with van der Waals surface area (Å²) in [6, 6.07) is 12.0. The van der Waals surface area contributed by atoms with Crippen LogP contribution in [0.3, 0.4) is 0 Å². The monoisotopic (exact) mass is 229 g/mol. The number of aromatic nitrogens is 3. The second kappa shape index (κ2) is 5.39. The number of rotatable bonds is 1. The maximum atomic E-state index is 10.8. The molecular formula is C13H15N3O. The molecule has 0 bridgehead atoms. The third-order valence-corrected chi connectivity index (χ3v) is 2.50. The Bertz CT molecular complexity index is 442. The van der Waals surface area contributed by atoms with E-state index in [2.05, 4.69) is 10.1 Å². The summed E-state index contributed by atoms with van der Waals surface area (Å²) in [5.41, 5.74) is 0. The minimum atomic E-state index is -0.0492. The van der Waals surface area contributed by atoms with E-state index in [0.717, 1.165) is 25.2 Å². The molecule has 0 fully saturated rings. The first-order valence-corrected chi connectivity index (χ1v) is 5.72. The molecule has 0 aliphatic carbocycles. The van der Waals surface area contributed by atoms with Crippen LogP contribution >= 0.6 is 0 Å². The molecule has 1 aliphatic rings. The van der Waals surface area contributed by atoms with Gasteiger partial charge in [0.1, 0.15) is 5.82 Å². The van der Waals surface area contributed by atoms with Crippen LogP contribution in [0.15, 0.2) is 36.4 Å². The lowest BCUT2D eigenvalue weighted by atomic mass is 10.3. The SMILES string of the molecule is CC(=O)c1nc2n(n1)CCC2.c1ccccc1. The second-order valence-corrected chi connectivity index (χ2v) is 3.89. The van der Waals surface area contributed by atoms with Crippen molar-refractivity contribution in [1.82, 2.24) is 14.8 Å². The van der Waals surface area contributed by atoms with E-state index >= 15 is 0 Å². The van der Waals surface area contributed by atoms with Crippen LogP contribution < -0.4 is 0 Å². The molecule has 2 aromatic rings. The van der Waals surface area contributed by atoms with Crippen LogP contribution in [-0.4, -0.2) is 20.5 Å². The summed E-state index contributed by atoms with van der Waals surface area (Å²) in [7, 11) is 0. The molecule has 0 spiro atoms. The van der Waals surface area contributed by atoms with Crippen LogP contribution in [0, 0.1) is 0 Å². The Morgan fingerprint density at radius 3 is 2.24 bits per heavy atom. The van der Waals surface area contributed by atoms with Crippen molar-refractivity contribution in [2.45, 2.75) is 26.3 Å². The van der Waals surface area contributed by atoms with E-state index in [1.165, 1.54) is 6.92 Å². The second-order valence-electron chi connectivity index (χ2n) is 3.89. The summed E-state index contributed by atoms with van der Waals surface area (Å²) in [5.74, 6) is 1.27. The molecule has 17 heavy (non-hydrogen) atoms. The molecule has 1 aliphatic heterocycles. The Balaban J connectivity index is 0.000000153. The Hall–Kier alpha value is -1.97. The van der Waals surface area contributed by atoms with Crippen molar-refractivity contribution < 1.29 is 4.79 Å². The molecule has 3 rings (SSSR count). The summed E-state index contributed by atoms with van der Waals surface area (Å²) in [6.07, 6.45) is 2.06. The minimum absolute atomic E-state index is 0.0492. The number of aryl methyl sites for hydroxylation is 2. The smallest absolute Gasteiger partial charge is 0.217 e. The first kappa shape index (κ1) is 11.5. The minimum Gasteiger partial charge on any atom is -0.291 e. The highest BCUT2D eigenvalue weighted by atomic mass is 16.1. The molecular weight excluding hydrogens is 214 g/mol. The van der Waals surface area contributed by atoms with Crippen LogP contribution in [0.25, 0.3) is 0 Å². The molecule has 0 unspecified atom stereocenters. The Morgan fingerprint density at radius 2 is 1.76 bits per heavy atom. The van der Waals surface area contributed by atoms with Gasteiger partial charge in [-0.25, -0.2) is 9.67 Å². The van der Waals surface area contributed by atoms with Crippen LogP contribution in [0.5, 0.6) is 0 Å². The van der Waals surface area contributed by atoms with Gasteiger partial charge in [-0.3, -0.25) is 4.79 Å². The number of ketones is 1. The maximum absolute atomic E-state index is 10.8. The van der Waals surface area contributed by atoms with Gasteiger partial charge in [0.05, 0.1) is 0 Å². The van der Waals surface area contributed by atoms with Gasteiger partial charge in [0.2, 0.25) is 5.82 Å². The molecule has 0 N–H and O–H groups in total. The number of carbonyl (C=O) groups is 1. The quantitative estimate of drug-likeness (QED) is 0.704. The van der Waals surface area contributed by atoms with E-state index in [1.807, 2.05) is 41.1 Å². The molecule has 0 atom stereocenters. The van der Waals surface area contributed by atoms with Gasteiger partial charge in [-0.15, -0.1) is 5.10 Å². The summed E-state index contributed by atoms with van der Waals surface area (Å²) in [6.45, 7) is 2.40.